The SMILES string of the molecule is CC1(C)CCCC1c1nc2ccncc2[nH]1. The third-order valence-electron chi connectivity index (χ3n) is 3.89. The fourth-order valence-corrected chi connectivity index (χ4v) is 2.88. The quantitative estimate of drug-likeness (QED) is 0.793. The van der Waals surface area contributed by atoms with E-state index in [2.05, 4.69) is 23.8 Å². The molecule has 0 aromatic carbocycles. The van der Waals surface area contributed by atoms with E-state index in [1.165, 1.54) is 19.3 Å². The lowest BCUT2D eigenvalue weighted by atomic mass is 9.81. The molecule has 0 saturated heterocycles. The summed E-state index contributed by atoms with van der Waals surface area (Å²) in [6, 6.07) is 1.97. The van der Waals surface area contributed by atoms with Gasteiger partial charge in [-0.2, -0.15) is 0 Å². The van der Waals surface area contributed by atoms with Crippen LogP contribution in [0.1, 0.15) is 44.9 Å². The predicted molar refractivity (Wildman–Crippen MR) is 64.3 cm³/mol. The molecule has 0 bridgehead atoms. The Morgan fingerprint density at radius 3 is 3.00 bits per heavy atom. The number of nitrogens with zero attached hydrogens (tertiary/aromatic N) is 2. The first-order valence-electron chi connectivity index (χ1n) is 5.96. The highest BCUT2D eigenvalue weighted by Crippen LogP contribution is 2.48. The third-order valence-corrected chi connectivity index (χ3v) is 3.89. The van der Waals surface area contributed by atoms with Crippen molar-refractivity contribution in [3.63, 3.8) is 0 Å². The molecule has 2 heterocycles. The van der Waals surface area contributed by atoms with E-state index in [0.29, 0.717) is 11.3 Å². The Morgan fingerprint density at radius 1 is 1.44 bits per heavy atom. The van der Waals surface area contributed by atoms with Gasteiger partial charge in [0.1, 0.15) is 5.82 Å². The molecule has 84 valence electrons. The molecule has 1 atom stereocenters. The molecule has 2 aromatic rings. The Labute approximate surface area is 95.3 Å². The van der Waals surface area contributed by atoms with Crippen molar-refractivity contribution in [2.24, 2.45) is 5.41 Å². The van der Waals surface area contributed by atoms with Crippen LogP contribution in [-0.2, 0) is 0 Å². The second-order valence-electron chi connectivity index (χ2n) is 5.45. The molecule has 3 nitrogen and oxygen atoms in total. The summed E-state index contributed by atoms with van der Waals surface area (Å²) in [5.41, 5.74) is 2.47. The highest BCUT2D eigenvalue weighted by molar-refractivity contribution is 5.73. The summed E-state index contributed by atoms with van der Waals surface area (Å²) in [6.45, 7) is 4.69. The van der Waals surface area contributed by atoms with E-state index in [-0.39, 0.29) is 0 Å². The van der Waals surface area contributed by atoms with Crippen molar-refractivity contribution in [2.45, 2.75) is 39.0 Å². The molecular formula is C13H17N3. The molecule has 1 unspecified atom stereocenters. The van der Waals surface area contributed by atoms with Gasteiger partial charge in [0.05, 0.1) is 17.2 Å². The minimum Gasteiger partial charge on any atom is -0.340 e. The van der Waals surface area contributed by atoms with Gasteiger partial charge in [0.15, 0.2) is 0 Å². The summed E-state index contributed by atoms with van der Waals surface area (Å²) in [6.07, 6.45) is 7.51. The average Bonchev–Trinajstić information content (AvgIpc) is 2.79. The second-order valence-corrected chi connectivity index (χ2v) is 5.45. The van der Waals surface area contributed by atoms with Gasteiger partial charge in [0, 0.05) is 12.1 Å². The molecule has 1 N–H and O–H groups in total. The number of hydrogen-bond acceptors (Lipinski definition) is 2. The van der Waals surface area contributed by atoms with Crippen LogP contribution in [-0.4, -0.2) is 15.0 Å². The van der Waals surface area contributed by atoms with Crippen molar-refractivity contribution >= 4 is 11.0 Å². The van der Waals surface area contributed by atoms with Crippen LogP contribution in [0.2, 0.25) is 0 Å². The van der Waals surface area contributed by atoms with Crippen molar-refractivity contribution in [3.8, 4) is 0 Å². The monoisotopic (exact) mass is 215 g/mol. The van der Waals surface area contributed by atoms with Gasteiger partial charge in [-0.1, -0.05) is 20.3 Å². The van der Waals surface area contributed by atoms with E-state index in [1.54, 1.807) is 6.20 Å². The normalized spacial score (nSPS) is 24.0. The van der Waals surface area contributed by atoms with Gasteiger partial charge in [-0.15, -0.1) is 0 Å². The van der Waals surface area contributed by atoms with E-state index < -0.39 is 0 Å². The summed E-state index contributed by atoms with van der Waals surface area (Å²) >= 11 is 0. The number of hydrogen-bond donors (Lipinski definition) is 1. The summed E-state index contributed by atoms with van der Waals surface area (Å²) in [5.74, 6) is 1.71. The zero-order valence-corrected chi connectivity index (χ0v) is 9.83. The van der Waals surface area contributed by atoms with Gasteiger partial charge in [0.25, 0.3) is 0 Å². The van der Waals surface area contributed by atoms with Crippen molar-refractivity contribution < 1.29 is 0 Å². The molecule has 0 aliphatic heterocycles. The number of nitrogens with one attached hydrogen (secondary N) is 1. The molecule has 0 amide bonds. The van der Waals surface area contributed by atoms with Crippen LogP contribution in [0.15, 0.2) is 18.5 Å². The highest BCUT2D eigenvalue weighted by atomic mass is 14.9. The summed E-state index contributed by atoms with van der Waals surface area (Å²) < 4.78 is 0. The van der Waals surface area contributed by atoms with Gasteiger partial charge in [-0.25, -0.2) is 4.98 Å². The molecule has 0 radical (unpaired) electrons. The number of rotatable bonds is 1. The van der Waals surface area contributed by atoms with E-state index in [9.17, 15) is 0 Å². The van der Waals surface area contributed by atoms with Crippen LogP contribution in [0, 0.1) is 5.41 Å². The first-order valence-corrected chi connectivity index (χ1v) is 5.96. The number of aromatic nitrogens is 3. The molecule has 1 aliphatic rings. The maximum absolute atomic E-state index is 4.69. The van der Waals surface area contributed by atoms with E-state index >= 15 is 0 Å². The number of aromatic amines is 1. The zero-order chi connectivity index (χ0) is 11.2. The molecule has 3 heteroatoms. The molecule has 2 aromatic heterocycles. The topological polar surface area (TPSA) is 41.6 Å². The lowest BCUT2D eigenvalue weighted by molar-refractivity contribution is 0.324. The van der Waals surface area contributed by atoms with Crippen molar-refractivity contribution in [1.82, 2.24) is 15.0 Å². The van der Waals surface area contributed by atoms with Crippen molar-refractivity contribution in [2.75, 3.05) is 0 Å². The maximum Gasteiger partial charge on any atom is 0.110 e. The fraction of sp³-hybridized carbons (Fsp3) is 0.538. The van der Waals surface area contributed by atoms with E-state index in [1.807, 2.05) is 12.3 Å². The Hall–Kier alpha value is -1.38. The third kappa shape index (κ3) is 1.42. The predicted octanol–water partition coefficient (Wildman–Crippen LogP) is 3.25. The van der Waals surface area contributed by atoms with Gasteiger partial charge in [-0.05, 0) is 24.3 Å². The fourth-order valence-electron chi connectivity index (χ4n) is 2.88. The Morgan fingerprint density at radius 2 is 2.31 bits per heavy atom. The number of fused-ring (bicyclic) bond motifs is 1. The molecular weight excluding hydrogens is 198 g/mol. The molecule has 1 fully saturated rings. The minimum atomic E-state index is 0.376. The molecule has 0 spiro atoms. The Bertz CT molecular complexity index is 480. The number of H-pyrrole nitrogens is 1. The van der Waals surface area contributed by atoms with Crippen LogP contribution in [0.4, 0.5) is 0 Å². The molecule has 1 saturated carbocycles. The Balaban J connectivity index is 2.06. The maximum atomic E-state index is 4.69. The lowest BCUT2D eigenvalue weighted by Crippen LogP contribution is -2.16. The summed E-state index contributed by atoms with van der Waals surface area (Å²) in [7, 11) is 0. The molecule has 1 aliphatic carbocycles. The Kier molecular flexibility index (Phi) is 2.03. The average molecular weight is 215 g/mol. The lowest BCUT2D eigenvalue weighted by Gasteiger charge is -2.24. The standard InChI is InChI=1S/C13H17N3/c1-13(2)6-3-4-9(13)12-15-10-5-7-14-8-11(10)16-12/h5,7-9H,3-4,6H2,1-2H3,(H,15,16). The van der Waals surface area contributed by atoms with Gasteiger partial charge in [0.2, 0.25) is 0 Å². The molecule has 3 rings (SSSR count). The zero-order valence-electron chi connectivity index (χ0n) is 9.83. The van der Waals surface area contributed by atoms with Crippen LogP contribution in [0.5, 0.6) is 0 Å². The van der Waals surface area contributed by atoms with Gasteiger partial charge in [-0.3, -0.25) is 4.98 Å². The van der Waals surface area contributed by atoms with Crippen LogP contribution in [0.25, 0.3) is 11.0 Å². The van der Waals surface area contributed by atoms with Crippen LogP contribution >= 0.6 is 0 Å². The second kappa shape index (κ2) is 3.30. The highest BCUT2D eigenvalue weighted by Gasteiger charge is 2.37. The minimum absolute atomic E-state index is 0.376. The van der Waals surface area contributed by atoms with Crippen LogP contribution < -0.4 is 0 Å². The number of pyridine rings is 1. The first kappa shape index (κ1) is 9.82. The summed E-state index contributed by atoms with van der Waals surface area (Å²) in [4.78, 5) is 12.2. The smallest absolute Gasteiger partial charge is 0.110 e. The van der Waals surface area contributed by atoms with E-state index in [0.717, 1.165) is 16.9 Å². The van der Waals surface area contributed by atoms with Crippen LogP contribution in [0.3, 0.4) is 0 Å². The van der Waals surface area contributed by atoms with Gasteiger partial charge >= 0.3 is 0 Å². The first-order chi connectivity index (χ1) is 7.67. The number of imidazole rings is 1. The molecule has 16 heavy (non-hydrogen) atoms. The van der Waals surface area contributed by atoms with E-state index in [4.69, 9.17) is 4.98 Å². The van der Waals surface area contributed by atoms with Crippen molar-refractivity contribution in [1.29, 1.82) is 0 Å². The largest absolute Gasteiger partial charge is 0.340 e. The van der Waals surface area contributed by atoms with Gasteiger partial charge < -0.3 is 4.98 Å². The summed E-state index contributed by atoms with van der Waals surface area (Å²) in [5, 5.41) is 0. The van der Waals surface area contributed by atoms with Crippen molar-refractivity contribution in [3.05, 3.63) is 24.3 Å².